The van der Waals surface area contributed by atoms with E-state index in [1.165, 1.54) is 10.6 Å². The van der Waals surface area contributed by atoms with Crippen LogP contribution in [0.1, 0.15) is 0 Å². The number of furan rings is 1. The van der Waals surface area contributed by atoms with E-state index in [-0.39, 0.29) is 24.3 Å². The zero-order valence-electron chi connectivity index (χ0n) is 23.2. The number of nitrogen functional groups attached to an aromatic ring is 1. The Morgan fingerprint density at radius 1 is 1.12 bits per heavy atom. The summed E-state index contributed by atoms with van der Waals surface area (Å²) in [5.41, 5.74) is 8.48. The van der Waals surface area contributed by atoms with Gasteiger partial charge in [-0.3, -0.25) is 9.69 Å². The Hall–Kier alpha value is -4.76. The summed E-state index contributed by atoms with van der Waals surface area (Å²) in [5.74, 6) is 0.856. The van der Waals surface area contributed by atoms with Gasteiger partial charge in [-0.25, -0.2) is 14.4 Å². The fraction of sp³-hybridized carbons (Fsp3) is 0.370. The van der Waals surface area contributed by atoms with Crippen molar-refractivity contribution in [3.05, 3.63) is 48.7 Å². The number of carbonyl (C=O) groups excluding carboxylic acids is 1. The molecule has 0 spiro atoms. The summed E-state index contributed by atoms with van der Waals surface area (Å²) in [4.78, 5) is 29.8. The standard InChI is InChI=1S/C27H32FN11O3/c1-30-6-7-31-22(40)16-42-18-4-5-20(19(28)15-18)37-11-8-36(9-12-37)10-13-38-17-32-23-25(38)34-27(29)39-26(23)33-24(35-39)21-3-2-14-41-21/h2-5,14-15,17,30H,6-13,16H2,1H3,(H2,29,34)(H,31,40). The van der Waals surface area contributed by atoms with Crippen molar-refractivity contribution >= 4 is 34.4 Å². The smallest absolute Gasteiger partial charge is 0.257 e. The van der Waals surface area contributed by atoms with E-state index in [0.717, 1.165) is 19.6 Å². The van der Waals surface area contributed by atoms with E-state index < -0.39 is 0 Å². The van der Waals surface area contributed by atoms with Gasteiger partial charge in [0.1, 0.15) is 11.6 Å². The van der Waals surface area contributed by atoms with Gasteiger partial charge < -0.3 is 35.0 Å². The minimum atomic E-state index is -0.375. The van der Waals surface area contributed by atoms with Crippen LogP contribution in [0.4, 0.5) is 16.0 Å². The number of piperazine rings is 1. The summed E-state index contributed by atoms with van der Waals surface area (Å²) in [6.45, 7) is 5.32. The zero-order valence-corrected chi connectivity index (χ0v) is 23.2. The van der Waals surface area contributed by atoms with Gasteiger partial charge in [-0.05, 0) is 31.3 Å². The lowest BCUT2D eigenvalue weighted by atomic mass is 10.2. The molecule has 5 aromatic rings. The molecule has 1 amide bonds. The SMILES string of the molecule is CNCCNC(=O)COc1ccc(N2CCN(CCn3cnc4c3nc(N)n3nc(-c5ccco5)nc43)CC2)c(F)c1. The van der Waals surface area contributed by atoms with Crippen LogP contribution in [0.25, 0.3) is 28.4 Å². The molecular weight excluding hydrogens is 545 g/mol. The summed E-state index contributed by atoms with van der Waals surface area (Å²) < 4.78 is 29.2. The number of hydrogen-bond acceptors (Lipinski definition) is 11. The first-order valence-electron chi connectivity index (χ1n) is 13.7. The van der Waals surface area contributed by atoms with Crippen LogP contribution in [-0.4, -0.2) is 99.4 Å². The normalized spacial score (nSPS) is 14.2. The lowest BCUT2D eigenvalue weighted by Gasteiger charge is -2.36. The summed E-state index contributed by atoms with van der Waals surface area (Å²) in [6.07, 6.45) is 3.30. The minimum absolute atomic E-state index is 0.161. The number of nitrogens with one attached hydrogen (secondary N) is 2. The molecule has 42 heavy (non-hydrogen) atoms. The summed E-state index contributed by atoms with van der Waals surface area (Å²) in [5, 5.41) is 10.1. The van der Waals surface area contributed by atoms with Gasteiger partial charge in [-0.1, -0.05) is 0 Å². The maximum Gasteiger partial charge on any atom is 0.257 e. The highest BCUT2D eigenvalue weighted by Gasteiger charge is 2.22. The van der Waals surface area contributed by atoms with Crippen molar-refractivity contribution in [2.75, 3.05) is 70.1 Å². The molecule has 4 N–H and O–H groups in total. The number of amides is 1. The first kappa shape index (κ1) is 27.4. The number of aromatic nitrogens is 6. The van der Waals surface area contributed by atoms with E-state index in [1.807, 2.05) is 9.47 Å². The molecule has 15 heteroatoms. The molecule has 0 atom stereocenters. The molecule has 0 saturated carbocycles. The van der Waals surface area contributed by atoms with Gasteiger partial charge >= 0.3 is 0 Å². The number of halogens is 1. The molecule has 0 aliphatic carbocycles. The average molecular weight is 578 g/mol. The maximum atomic E-state index is 14.9. The number of ether oxygens (including phenoxy) is 1. The second-order valence-corrected chi connectivity index (χ2v) is 9.91. The largest absolute Gasteiger partial charge is 0.484 e. The molecule has 0 bridgehead atoms. The average Bonchev–Trinajstić information content (AvgIpc) is 3.76. The van der Waals surface area contributed by atoms with E-state index in [2.05, 4.69) is 35.6 Å². The van der Waals surface area contributed by atoms with Crippen LogP contribution in [0.3, 0.4) is 0 Å². The van der Waals surface area contributed by atoms with Crippen LogP contribution in [0.5, 0.6) is 5.75 Å². The van der Waals surface area contributed by atoms with Gasteiger partial charge in [-0.2, -0.15) is 9.50 Å². The molecule has 0 unspecified atom stereocenters. The molecular formula is C27H32FN11O3. The van der Waals surface area contributed by atoms with Crippen LogP contribution in [0, 0.1) is 5.82 Å². The first-order chi connectivity index (χ1) is 20.5. The van der Waals surface area contributed by atoms with Crippen LogP contribution in [0.15, 0.2) is 47.3 Å². The van der Waals surface area contributed by atoms with E-state index in [4.69, 9.17) is 14.9 Å². The predicted octanol–water partition coefficient (Wildman–Crippen LogP) is 0.992. The molecule has 1 aromatic carbocycles. The highest BCUT2D eigenvalue weighted by Crippen LogP contribution is 2.26. The molecule has 1 fully saturated rings. The van der Waals surface area contributed by atoms with Gasteiger partial charge in [0, 0.05) is 58.4 Å². The van der Waals surface area contributed by atoms with Crippen LogP contribution in [-0.2, 0) is 11.3 Å². The number of anilines is 2. The second-order valence-electron chi connectivity index (χ2n) is 9.91. The number of nitrogens with zero attached hydrogens (tertiary/aromatic N) is 8. The van der Waals surface area contributed by atoms with Gasteiger partial charge in [0.25, 0.3) is 5.91 Å². The number of imidazole rings is 1. The number of carbonyl (C=O) groups is 1. The Morgan fingerprint density at radius 2 is 1.98 bits per heavy atom. The molecule has 1 saturated heterocycles. The van der Waals surface area contributed by atoms with Crippen LogP contribution in [0.2, 0.25) is 0 Å². The lowest BCUT2D eigenvalue weighted by Crippen LogP contribution is -2.47. The topological polar surface area (TPSA) is 157 Å². The van der Waals surface area contributed by atoms with Crippen molar-refractivity contribution in [2.24, 2.45) is 0 Å². The number of hydrogen-bond donors (Lipinski definition) is 3. The van der Waals surface area contributed by atoms with Crippen molar-refractivity contribution in [3.8, 4) is 17.3 Å². The second kappa shape index (κ2) is 12.0. The van der Waals surface area contributed by atoms with Crippen molar-refractivity contribution in [1.29, 1.82) is 0 Å². The molecule has 5 heterocycles. The third-order valence-corrected chi connectivity index (χ3v) is 7.16. The van der Waals surface area contributed by atoms with Crippen molar-refractivity contribution in [2.45, 2.75) is 6.54 Å². The van der Waals surface area contributed by atoms with Crippen LogP contribution < -0.4 is 26.0 Å². The number of likely N-dealkylation sites (N-methyl/N-ethyl adjacent to an activating group) is 1. The highest BCUT2D eigenvalue weighted by molar-refractivity contribution is 5.87. The van der Waals surface area contributed by atoms with Gasteiger partial charge in [0.05, 0.1) is 18.3 Å². The van der Waals surface area contributed by atoms with E-state index in [1.54, 1.807) is 43.9 Å². The molecule has 4 aromatic heterocycles. The monoisotopic (exact) mass is 577 g/mol. The van der Waals surface area contributed by atoms with Crippen LogP contribution >= 0.6 is 0 Å². The van der Waals surface area contributed by atoms with E-state index >= 15 is 0 Å². The molecule has 220 valence electrons. The van der Waals surface area contributed by atoms with E-state index in [9.17, 15) is 9.18 Å². The quantitative estimate of drug-likeness (QED) is 0.192. The zero-order chi connectivity index (χ0) is 29.1. The number of rotatable bonds is 11. The van der Waals surface area contributed by atoms with E-state index in [0.29, 0.717) is 72.6 Å². The Bertz CT molecular complexity index is 1680. The highest BCUT2D eigenvalue weighted by atomic mass is 19.1. The predicted molar refractivity (Wildman–Crippen MR) is 154 cm³/mol. The molecule has 0 radical (unpaired) electrons. The Morgan fingerprint density at radius 3 is 2.74 bits per heavy atom. The number of nitrogens with two attached hydrogens (primary N) is 1. The van der Waals surface area contributed by atoms with Gasteiger partial charge in [0.2, 0.25) is 11.8 Å². The molecule has 1 aliphatic heterocycles. The lowest BCUT2D eigenvalue weighted by molar-refractivity contribution is -0.123. The third kappa shape index (κ3) is 5.69. The third-order valence-electron chi connectivity index (χ3n) is 7.16. The Labute approximate surface area is 240 Å². The van der Waals surface area contributed by atoms with Crippen molar-refractivity contribution < 1.29 is 18.3 Å². The first-order valence-corrected chi connectivity index (χ1v) is 13.7. The van der Waals surface area contributed by atoms with Crippen molar-refractivity contribution in [1.82, 2.24) is 44.7 Å². The number of fused-ring (bicyclic) bond motifs is 3. The Balaban J connectivity index is 1.04. The van der Waals surface area contributed by atoms with Crippen molar-refractivity contribution in [3.63, 3.8) is 0 Å². The minimum Gasteiger partial charge on any atom is -0.484 e. The summed E-state index contributed by atoms with van der Waals surface area (Å²) >= 11 is 0. The van der Waals surface area contributed by atoms with Gasteiger partial charge in [0.15, 0.2) is 29.2 Å². The molecule has 14 nitrogen and oxygen atoms in total. The summed E-state index contributed by atoms with van der Waals surface area (Å²) in [7, 11) is 1.81. The molecule has 1 aliphatic rings. The number of benzene rings is 1. The maximum absolute atomic E-state index is 14.9. The molecule has 6 rings (SSSR count). The Kier molecular flexibility index (Phi) is 7.83. The summed E-state index contributed by atoms with van der Waals surface area (Å²) in [6, 6.07) is 8.28. The van der Waals surface area contributed by atoms with Gasteiger partial charge in [-0.15, -0.1) is 5.10 Å². The fourth-order valence-electron chi connectivity index (χ4n) is 4.93. The fourth-order valence-corrected chi connectivity index (χ4v) is 4.93.